The smallest absolute Gasteiger partial charge is 0.410 e. The fourth-order valence-electron chi connectivity index (χ4n) is 2.42. The van der Waals surface area contributed by atoms with Crippen molar-refractivity contribution in [3.05, 3.63) is 28.8 Å². The summed E-state index contributed by atoms with van der Waals surface area (Å²) in [5.74, 6) is 0.379. The highest BCUT2D eigenvalue weighted by molar-refractivity contribution is 6.32. The van der Waals surface area contributed by atoms with E-state index in [-0.39, 0.29) is 18.6 Å². The topological polar surface area (TPSA) is 59.1 Å². The van der Waals surface area contributed by atoms with Crippen LogP contribution in [0.25, 0.3) is 0 Å². The standard InChI is InChI=1S/C18H25ClN2O4/c1-13-5-6-14(19)15(11-13)24-12-16(22)20-7-9-21(10-8-20)17(23)25-18(2,3)4/h5-6,11H,7-10,12H2,1-4H3. The summed E-state index contributed by atoms with van der Waals surface area (Å²) in [7, 11) is 0. The van der Waals surface area contributed by atoms with Gasteiger partial charge < -0.3 is 19.3 Å². The van der Waals surface area contributed by atoms with E-state index in [0.717, 1.165) is 5.56 Å². The van der Waals surface area contributed by atoms with Crippen LogP contribution in [0.15, 0.2) is 18.2 Å². The summed E-state index contributed by atoms with van der Waals surface area (Å²) in [5.41, 5.74) is 0.489. The van der Waals surface area contributed by atoms with E-state index in [4.69, 9.17) is 21.1 Å². The van der Waals surface area contributed by atoms with Gasteiger partial charge in [-0.1, -0.05) is 17.7 Å². The molecule has 1 aromatic carbocycles. The molecule has 1 fully saturated rings. The molecule has 25 heavy (non-hydrogen) atoms. The zero-order valence-corrected chi connectivity index (χ0v) is 15.9. The molecule has 6 nitrogen and oxygen atoms in total. The third kappa shape index (κ3) is 5.81. The highest BCUT2D eigenvalue weighted by Gasteiger charge is 2.27. The third-order valence-electron chi connectivity index (χ3n) is 3.72. The highest BCUT2D eigenvalue weighted by Crippen LogP contribution is 2.25. The minimum atomic E-state index is -0.523. The number of ether oxygens (including phenoxy) is 2. The second kappa shape index (κ2) is 7.95. The second-order valence-corrected chi connectivity index (χ2v) is 7.48. The second-order valence-electron chi connectivity index (χ2n) is 7.07. The number of hydrogen-bond acceptors (Lipinski definition) is 4. The molecule has 2 rings (SSSR count). The Morgan fingerprint density at radius 3 is 2.32 bits per heavy atom. The quantitative estimate of drug-likeness (QED) is 0.822. The summed E-state index contributed by atoms with van der Waals surface area (Å²) in [4.78, 5) is 27.6. The number of halogens is 1. The van der Waals surface area contributed by atoms with Crippen LogP contribution >= 0.6 is 11.6 Å². The van der Waals surface area contributed by atoms with Crippen molar-refractivity contribution in [3.63, 3.8) is 0 Å². The Bertz CT molecular complexity index is 634. The molecule has 1 aliphatic heterocycles. The first-order chi connectivity index (χ1) is 11.7. The van der Waals surface area contributed by atoms with Gasteiger partial charge in [0.05, 0.1) is 5.02 Å². The first-order valence-electron chi connectivity index (χ1n) is 8.30. The molecular formula is C18H25ClN2O4. The zero-order chi connectivity index (χ0) is 18.6. The predicted octanol–water partition coefficient (Wildman–Crippen LogP) is 3.11. The lowest BCUT2D eigenvalue weighted by Gasteiger charge is -2.35. The summed E-state index contributed by atoms with van der Waals surface area (Å²) >= 11 is 6.06. The van der Waals surface area contributed by atoms with Crippen molar-refractivity contribution in [3.8, 4) is 5.75 Å². The van der Waals surface area contributed by atoms with Crippen LogP contribution in [0.5, 0.6) is 5.75 Å². The van der Waals surface area contributed by atoms with Gasteiger partial charge in [0.1, 0.15) is 11.4 Å². The van der Waals surface area contributed by atoms with Crippen LogP contribution < -0.4 is 4.74 Å². The fourth-order valence-corrected chi connectivity index (χ4v) is 2.59. The molecule has 1 aromatic rings. The van der Waals surface area contributed by atoms with Gasteiger partial charge in [0.15, 0.2) is 6.61 Å². The Hall–Kier alpha value is -1.95. The van der Waals surface area contributed by atoms with Crippen LogP contribution in [0, 0.1) is 6.92 Å². The molecule has 0 atom stereocenters. The van der Waals surface area contributed by atoms with E-state index in [1.165, 1.54) is 0 Å². The van der Waals surface area contributed by atoms with Gasteiger partial charge in [-0.3, -0.25) is 4.79 Å². The van der Waals surface area contributed by atoms with Crippen LogP contribution in [0.1, 0.15) is 26.3 Å². The lowest BCUT2D eigenvalue weighted by atomic mass is 10.2. The summed E-state index contributed by atoms with van der Waals surface area (Å²) < 4.78 is 10.9. The van der Waals surface area contributed by atoms with Crippen molar-refractivity contribution in [1.82, 2.24) is 9.80 Å². The first kappa shape index (κ1) is 19.4. The van der Waals surface area contributed by atoms with E-state index in [0.29, 0.717) is 37.0 Å². The summed E-state index contributed by atoms with van der Waals surface area (Å²) in [6, 6.07) is 5.43. The maximum Gasteiger partial charge on any atom is 0.410 e. The normalized spacial score (nSPS) is 15.1. The molecule has 1 aliphatic rings. The molecule has 1 heterocycles. The monoisotopic (exact) mass is 368 g/mol. The zero-order valence-electron chi connectivity index (χ0n) is 15.2. The van der Waals surface area contributed by atoms with Gasteiger partial charge >= 0.3 is 6.09 Å². The average molecular weight is 369 g/mol. The number of nitrogens with zero attached hydrogens (tertiary/aromatic N) is 2. The van der Waals surface area contributed by atoms with Gasteiger partial charge in [0.25, 0.3) is 5.91 Å². The Morgan fingerprint density at radius 1 is 1.12 bits per heavy atom. The van der Waals surface area contributed by atoms with Crippen molar-refractivity contribution in [1.29, 1.82) is 0 Å². The molecule has 0 N–H and O–H groups in total. The summed E-state index contributed by atoms with van der Waals surface area (Å²) in [6.45, 7) is 9.18. The number of benzene rings is 1. The van der Waals surface area contributed by atoms with Crippen LogP contribution in [0.4, 0.5) is 4.79 Å². The molecule has 0 saturated carbocycles. The Morgan fingerprint density at radius 2 is 1.72 bits per heavy atom. The van der Waals surface area contributed by atoms with Gasteiger partial charge in [-0.2, -0.15) is 0 Å². The van der Waals surface area contributed by atoms with Crippen molar-refractivity contribution in [2.24, 2.45) is 0 Å². The van der Waals surface area contributed by atoms with Gasteiger partial charge in [0.2, 0.25) is 0 Å². The van der Waals surface area contributed by atoms with E-state index in [9.17, 15) is 9.59 Å². The number of aryl methyl sites for hydroxylation is 1. The molecule has 7 heteroatoms. The molecule has 138 valence electrons. The van der Waals surface area contributed by atoms with Crippen LogP contribution in [0.2, 0.25) is 5.02 Å². The molecule has 0 spiro atoms. The van der Waals surface area contributed by atoms with E-state index >= 15 is 0 Å². The van der Waals surface area contributed by atoms with Crippen molar-refractivity contribution >= 4 is 23.6 Å². The van der Waals surface area contributed by atoms with E-state index in [1.807, 2.05) is 33.8 Å². The van der Waals surface area contributed by atoms with E-state index in [1.54, 1.807) is 21.9 Å². The Balaban J connectivity index is 1.81. The molecule has 2 amide bonds. The predicted molar refractivity (Wildman–Crippen MR) is 96.1 cm³/mol. The third-order valence-corrected chi connectivity index (χ3v) is 4.03. The van der Waals surface area contributed by atoms with Crippen molar-refractivity contribution < 1.29 is 19.1 Å². The Labute approximate surface area is 153 Å². The van der Waals surface area contributed by atoms with E-state index < -0.39 is 5.60 Å². The van der Waals surface area contributed by atoms with Gasteiger partial charge in [-0.15, -0.1) is 0 Å². The molecule has 0 unspecified atom stereocenters. The largest absolute Gasteiger partial charge is 0.482 e. The maximum atomic E-state index is 12.3. The van der Waals surface area contributed by atoms with Gasteiger partial charge in [-0.05, 0) is 45.4 Å². The maximum absolute atomic E-state index is 12.3. The number of rotatable bonds is 3. The van der Waals surface area contributed by atoms with Crippen LogP contribution in [-0.2, 0) is 9.53 Å². The lowest BCUT2D eigenvalue weighted by molar-refractivity contribution is -0.135. The highest BCUT2D eigenvalue weighted by atomic mass is 35.5. The fraction of sp³-hybridized carbons (Fsp3) is 0.556. The van der Waals surface area contributed by atoms with Crippen molar-refractivity contribution in [2.75, 3.05) is 32.8 Å². The minimum absolute atomic E-state index is 0.0738. The number of piperazine rings is 1. The lowest BCUT2D eigenvalue weighted by Crippen LogP contribution is -2.52. The van der Waals surface area contributed by atoms with Crippen LogP contribution in [0.3, 0.4) is 0 Å². The molecule has 1 saturated heterocycles. The van der Waals surface area contributed by atoms with E-state index in [2.05, 4.69) is 0 Å². The summed E-state index contributed by atoms with van der Waals surface area (Å²) in [5, 5.41) is 0.480. The van der Waals surface area contributed by atoms with Gasteiger partial charge in [0, 0.05) is 26.2 Å². The number of hydrogen-bond donors (Lipinski definition) is 0. The van der Waals surface area contributed by atoms with Crippen LogP contribution in [-0.4, -0.2) is 60.2 Å². The minimum Gasteiger partial charge on any atom is -0.482 e. The first-order valence-corrected chi connectivity index (χ1v) is 8.68. The molecule has 0 aromatic heterocycles. The molecule has 0 bridgehead atoms. The summed E-state index contributed by atoms with van der Waals surface area (Å²) in [6.07, 6.45) is -0.345. The molecule has 0 aliphatic carbocycles. The SMILES string of the molecule is Cc1ccc(Cl)c(OCC(=O)N2CCN(C(=O)OC(C)(C)C)CC2)c1. The van der Waals surface area contributed by atoms with Crippen molar-refractivity contribution in [2.45, 2.75) is 33.3 Å². The number of carbonyl (C=O) groups excluding carboxylic acids is 2. The molecule has 0 radical (unpaired) electrons. The number of carbonyl (C=O) groups is 2. The van der Waals surface area contributed by atoms with Gasteiger partial charge in [-0.25, -0.2) is 4.79 Å². The number of amides is 2. The average Bonchev–Trinajstić information content (AvgIpc) is 2.54. The Kier molecular flexibility index (Phi) is 6.16. The molecular weight excluding hydrogens is 344 g/mol.